The van der Waals surface area contributed by atoms with Crippen LogP contribution in [0.3, 0.4) is 0 Å². The van der Waals surface area contributed by atoms with Gasteiger partial charge in [0, 0.05) is 12.5 Å². The minimum Gasteiger partial charge on any atom is -0.489 e. The molecule has 1 atom stereocenters. The number of imide groups is 1. The van der Waals surface area contributed by atoms with Gasteiger partial charge in [-0.3, -0.25) is 10.1 Å². The van der Waals surface area contributed by atoms with Gasteiger partial charge in [0.15, 0.2) is 17.6 Å². The predicted octanol–water partition coefficient (Wildman–Crippen LogP) is 2.82. The number of fused-ring (bicyclic) bond motifs is 1. The quantitative estimate of drug-likeness (QED) is 0.740. The Kier molecular flexibility index (Phi) is 6.61. The van der Waals surface area contributed by atoms with Gasteiger partial charge in [0.25, 0.3) is 5.91 Å². The fourth-order valence-corrected chi connectivity index (χ4v) is 3.40. The molecule has 152 valence electrons. The summed E-state index contributed by atoms with van der Waals surface area (Å²) in [5.41, 5.74) is 0.129. The lowest BCUT2D eigenvalue weighted by Crippen LogP contribution is -2.47. The number of benzene rings is 1. The van der Waals surface area contributed by atoms with E-state index in [-0.39, 0.29) is 16.6 Å². The fraction of sp³-hybridized carbons (Fsp3) is 0.526. The first kappa shape index (κ1) is 20.3. The normalized spacial score (nSPS) is 17.4. The van der Waals surface area contributed by atoms with E-state index in [1.165, 1.54) is 19.1 Å². The van der Waals surface area contributed by atoms with Gasteiger partial charge in [-0.2, -0.15) is 0 Å². The highest BCUT2D eigenvalue weighted by molar-refractivity contribution is 6.32. The summed E-state index contributed by atoms with van der Waals surface area (Å²) in [6, 6.07) is 2.36. The number of halogens is 1. The van der Waals surface area contributed by atoms with E-state index in [1.807, 2.05) is 0 Å². The second-order valence-electron chi connectivity index (χ2n) is 6.83. The maximum atomic E-state index is 12.4. The molecule has 0 radical (unpaired) electrons. The van der Waals surface area contributed by atoms with Gasteiger partial charge in [0.05, 0.1) is 23.8 Å². The van der Waals surface area contributed by atoms with Crippen LogP contribution in [-0.2, 0) is 9.53 Å². The molecule has 0 unspecified atom stereocenters. The molecule has 3 rings (SSSR count). The van der Waals surface area contributed by atoms with E-state index in [2.05, 4.69) is 10.6 Å². The van der Waals surface area contributed by atoms with Crippen LogP contribution in [0.4, 0.5) is 4.79 Å². The van der Waals surface area contributed by atoms with Crippen molar-refractivity contribution < 1.29 is 28.6 Å². The second-order valence-corrected chi connectivity index (χ2v) is 7.23. The molecule has 9 heteroatoms. The molecule has 0 spiro atoms. The summed E-state index contributed by atoms with van der Waals surface area (Å²) >= 11 is 6.17. The zero-order valence-electron chi connectivity index (χ0n) is 15.6. The van der Waals surface area contributed by atoms with E-state index in [4.69, 9.17) is 25.8 Å². The fourth-order valence-electron chi connectivity index (χ4n) is 3.14. The monoisotopic (exact) mass is 410 g/mol. The average molecular weight is 411 g/mol. The molecule has 3 amide bonds. The maximum Gasteiger partial charge on any atom is 0.339 e. The first-order valence-corrected chi connectivity index (χ1v) is 9.73. The van der Waals surface area contributed by atoms with Crippen LogP contribution in [0, 0.1) is 0 Å². The molecule has 0 aromatic heterocycles. The topological polar surface area (TPSA) is 103 Å². The van der Waals surface area contributed by atoms with Crippen molar-refractivity contribution >= 4 is 29.5 Å². The maximum absolute atomic E-state index is 12.4. The number of urea groups is 1. The van der Waals surface area contributed by atoms with Gasteiger partial charge in [-0.15, -0.1) is 0 Å². The molecular weight excluding hydrogens is 388 g/mol. The first-order valence-electron chi connectivity index (χ1n) is 9.35. The molecule has 1 fully saturated rings. The van der Waals surface area contributed by atoms with Crippen LogP contribution in [0.25, 0.3) is 0 Å². The predicted molar refractivity (Wildman–Crippen MR) is 101 cm³/mol. The number of ether oxygens (including phenoxy) is 3. The number of amides is 3. The molecule has 1 heterocycles. The Morgan fingerprint density at radius 1 is 1.14 bits per heavy atom. The number of hydrogen-bond donors (Lipinski definition) is 2. The number of carbonyl (C=O) groups excluding carboxylic acids is 3. The summed E-state index contributed by atoms with van der Waals surface area (Å²) in [6.07, 6.45) is 3.46. The second kappa shape index (κ2) is 9.14. The van der Waals surface area contributed by atoms with Gasteiger partial charge in [0.1, 0.15) is 0 Å². The summed E-state index contributed by atoms with van der Waals surface area (Å²) < 4.78 is 16.2. The number of rotatable bonds is 4. The molecule has 1 aliphatic heterocycles. The van der Waals surface area contributed by atoms with Crippen molar-refractivity contribution in [3.05, 3.63) is 22.7 Å². The summed E-state index contributed by atoms with van der Waals surface area (Å²) in [5.74, 6) is -0.726. The lowest BCUT2D eigenvalue weighted by Gasteiger charge is -2.16. The van der Waals surface area contributed by atoms with Crippen LogP contribution in [0.2, 0.25) is 5.02 Å². The third-order valence-corrected chi connectivity index (χ3v) is 4.90. The Hall–Kier alpha value is -2.48. The Balaban J connectivity index is 1.57. The van der Waals surface area contributed by atoms with E-state index in [0.29, 0.717) is 31.1 Å². The summed E-state index contributed by atoms with van der Waals surface area (Å²) in [6.45, 7) is 2.30. The molecule has 0 saturated heterocycles. The van der Waals surface area contributed by atoms with Crippen LogP contribution in [0.15, 0.2) is 12.1 Å². The Bertz CT molecular complexity index is 763. The summed E-state index contributed by atoms with van der Waals surface area (Å²) in [5, 5.41) is 5.16. The zero-order valence-corrected chi connectivity index (χ0v) is 16.3. The van der Waals surface area contributed by atoms with Gasteiger partial charge >= 0.3 is 12.0 Å². The van der Waals surface area contributed by atoms with Gasteiger partial charge in [-0.05, 0) is 31.9 Å². The Labute approximate surface area is 167 Å². The van der Waals surface area contributed by atoms with Crippen LogP contribution < -0.4 is 20.1 Å². The number of carbonyl (C=O) groups is 3. The third kappa shape index (κ3) is 5.07. The summed E-state index contributed by atoms with van der Waals surface area (Å²) in [4.78, 5) is 36.4. The highest BCUT2D eigenvalue weighted by atomic mass is 35.5. The van der Waals surface area contributed by atoms with Gasteiger partial charge < -0.3 is 19.5 Å². The lowest BCUT2D eigenvalue weighted by atomic mass is 10.2. The SMILES string of the molecule is C[C@H](OC(=O)c1cc(Cl)c2c(c1)OCCCO2)C(=O)NC(=O)NC1CCCC1. The number of nitrogens with one attached hydrogen (secondary N) is 2. The molecule has 1 aliphatic carbocycles. The van der Waals surface area contributed by atoms with Crippen molar-refractivity contribution in [1.29, 1.82) is 0 Å². The molecule has 1 saturated carbocycles. The molecule has 1 aromatic rings. The average Bonchev–Trinajstić information content (AvgIpc) is 3.03. The molecule has 28 heavy (non-hydrogen) atoms. The van der Waals surface area contributed by atoms with Gasteiger partial charge in [0.2, 0.25) is 0 Å². The molecular formula is C19H23ClN2O6. The van der Waals surface area contributed by atoms with Crippen LogP contribution in [0.1, 0.15) is 49.4 Å². The van der Waals surface area contributed by atoms with Crippen molar-refractivity contribution in [1.82, 2.24) is 10.6 Å². The lowest BCUT2D eigenvalue weighted by molar-refractivity contribution is -0.127. The van der Waals surface area contributed by atoms with Crippen LogP contribution >= 0.6 is 11.6 Å². The van der Waals surface area contributed by atoms with Crippen molar-refractivity contribution in [2.75, 3.05) is 13.2 Å². The third-order valence-electron chi connectivity index (χ3n) is 4.62. The molecule has 8 nitrogen and oxygen atoms in total. The number of esters is 1. The molecule has 1 aromatic carbocycles. The van der Waals surface area contributed by atoms with Crippen molar-refractivity contribution in [2.24, 2.45) is 0 Å². The Morgan fingerprint density at radius 2 is 1.86 bits per heavy atom. The van der Waals surface area contributed by atoms with E-state index in [0.717, 1.165) is 25.7 Å². The first-order chi connectivity index (χ1) is 13.4. The highest BCUT2D eigenvalue weighted by Crippen LogP contribution is 2.38. The van der Waals surface area contributed by atoms with Gasteiger partial charge in [-0.25, -0.2) is 9.59 Å². The molecule has 2 N–H and O–H groups in total. The standard InChI is InChI=1S/C19H23ClN2O6/c1-11(17(23)22-19(25)21-13-5-2-3-6-13)28-18(24)12-9-14(20)16-15(10-12)26-7-4-8-27-16/h9-11,13H,2-8H2,1H3,(H2,21,22,23,25)/t11-/m0/s1. The highest BCUT2D eigenvalue weighted by Gasteiger charge is 2.25. The number of hydrogen-bond acceptors (Lipinski definition) is 6. The smallest absolute Gasteiger partial charge is 0.339 e. The van der Waals surface area contributed by atoms with E-state index in [1.54, 1.807) is 0 Å². The van der Waals surface area contributed by atoms with E-state index in [9.17, 15) is 14.4 Å². The minimum atomic E-state index is -1.16. The Morgan fingerprint density at radius 3 is 2.61 bits per heavy atom. The molecule has 2 aliphatic rings. The van der Waals surface area contributed by atoms with Crippen LogP contribution in [-0.4, -0.2) is 43.3 Å². The minimum absolute atomic E-state index is 0.0783. The summed E-state index contributed by atoms with van der Waals surface area (Å²) in [7, 11) is 0. The largest absolute Gasteiger partial charge is 0.489 e. The van der Waals surface area contributed by atoms with E-state index >= 15 is 0 Å². The van der Waals surface area contributed by atoms with Crippen molar-refractivity contribution in [3.8, 4) is 11.5 Å². The van der Waals surface area contributed by atoms with Crippen LogP contribution in [0.5, 0.6) is 11.5 Å². The van der Waals surface area contributed by atoms with Gasteiger partial charge in [-0.1, -0.05) is 24.4 Å². The zero-order chi connectivity index (χ0) is 20.1. The van der Waals surface area contributed by atoms with Crippen molar-refractivity contribution in [2.45, 2.75) is 51.2 Å². The molecule has 0 bridgehead atoms. The van der Waals surface area contributed by atoms with E-state index < -0.39 is 24.0 Å². The van der Waals surface area contributed by atoms with Crippen molar-refractivity contribution in [3.63, 3.8) is 0 Å².